The highest BCUT2D eigenvalue weighted by Crippen LogP contribution is 2.25. The molecule has 2 heterocycles. The van der Waals surface area contributed by atoms with Gasteiger partial charge in [-0.1, -0.05) is 22.4 Å². The molecule has 1 amide bonds. The lowest BCUT2D eigenvalue weighted by Crippen LogP contribution is -2.41. The van der Waals surface area contributed by atoms with Crippen molar-refractivity contribution in [3.8, 4) is 5.75 Å². The van der Waals surface area contributed by atoms with Crippen molar-refractivity contribution in [1.29, 1.82) is 0 Å². The molecular formula is C20H25BrN2O3. The number of rotatable bonds is 7. The zero-order valence-electron chi connectivity index (χ0n) is 15.0. The van der Waals surface area contributed by atoms with Crippen LogP contribution in [0.15, 0.2) is 45.3 Å². The number of hydrogen-bond donors (Lipinski definition) is 1. The number of halogens is 1. The van der Waals surface area contributed by atoms with Crippen LogP contribution in [0.5, 0.6) is 5.75 Å². The van der Waals surface area contributed by atoms with Crippen molar-refractivity contribution in [1.82, 2.24) is 10.2 Å². The van der Waals surface area contributed by atoms with Gasteiger partial charge in [-0.25, -0.2) is 0 Å². The van der Waals surface area contributed by atoms with E-state index in [1.165, 1.54) is 19.3 Å². The smallest absolute Gasteiger partial charge is 0.258 e. The maximum Gasteiger partial charge on any atom is 0.258 e. The molecule has 0 spiro atoms. The molecule has 140 valence electrons. The lowest BCUT2D eigenvalue weighted by Gasteiger charge is -2.33. The van der Waals surface area contributed by atoms with Crippen molar-refractivity contribution in [2.24, 2.45) is 0 Å². The van der Waals surface area contributed by atoms with E-state index in [0.717, 1.165) is 29.1 Å². The highest BCUT2D eigenvalue weighted by Gasteiger charge is 2.25. The number of aryl methyl sites for hydroxylation is 1. The lowest BCUT2D eigenvalue weighted by atomic mass is 10.1. The monoisotopic (exact) mass is 420 g/mol. The Morgan fingerprint density at radius 3 is 2.58 bits per heavy atom. The lowest BCUT2D eigenvalue weighted by molar-refractivity contribution is -0.123. The number of nitrogens with zero attached hydrogens (tertiary/aromatic N) is 1. The summed E-state index contributed by atoms with van der Waals surface area (Å²) in [5.41, 5.74) is 0. The fourth-order valence-corrected chi connectivity index (χ4v) is 3.48. The van der Waals surface area contributed by atoms with E-state index in [0.29, 0.717) is 12.3 Å². The minimum Gasteiger partial charge on any atom is -0.484 e. The van der Waals surface area contributed by atoms with Crippen molar-refractivity contribution < 1.29 is 13.9 Å². The maximum absolute atomic E-state index is 12.2. The number of likely N-dealkylation sites (tertiary alicyclic amines) is 1. The van der Waals surface area contributed by atoms with Gasteiger partial charge >= 0.3 is 0 Å². The summed E-state index contributed by atoms with van der Waals surface area (Å²) in [7, 11) is 0. The van der Waals surface area contributed by atoms with Crippen LogP contribution in [0.2, 0.25) is 0 Å². The van der Waals surface area contributed by atoms with Crippen LogP contribution in [0.1, 0.15) is 36.8 Å². The second-order valence-electron chi connectivity index (χ2n) is 6.61. The Morgan fingerprint density at radius 1 is 1.19 bits per heavy atom. The predicted octanol–water partition coefficient (Wildman–Crippen LogP) is 4.07. The fourth-order valence-electron chi connectivity index (χ4n) is 3.21. The number of ether oxygens (including phenoxy) is 1. The first-order chi connectivity index (χ1) is 12.6. The Bertz CT molecular complexity index is 708. The van der Waals surface area contributed by atoms with E-state index in [4.69, 9.17) is 9.15 Å². The van der Waals surface area contributed by atoms with Gasteiger partial charge in [-0.15, -0.1) is 0 Å². The standard InChI is InChI=1S/C20H25BrN2O3/c1-15-5-10-19(26-15)18(23-11-3-2-4-12-23)13-22-20(24)14-25-17-8-6-16(21)7-9-17/h5-10,18H,2-4,11-14H2,1H3,(H,22,24). The summed E-state index contributed by atoms with van der Waals surface area (Å²) in [6, 6.07) is 11.5. The third kappa shape index (κ3) is 5.35. The van der Waals surface area contributed by atoms with Crippen LogP contribution in [0.3, 0.4) is 0 Å². The summed E-state index contributed by atoms with van der Waals surface area (Å²) in [6.45, 7) is 4.55. The molecule has 6 heteroatoms. The number of benzene rings is 1. The first kappa shape index (κ1) is 19.0. The summed E-state index contributed by atoms with van der Waals surface area (Å²) in [4.78, 5) is 14.6. The van der Waals surface area contributed by atoms with Crippen LogP contribution in [0, 0.1) is 6.92 Å². The van der Waals surface area contributed by atoms with Crippen molar-refractivity contribution in [2.75, 3.05) is 26.2 Å². The second kappa shape index (κ2) is 9.24. The van der Waals surface area contributed by atoms with E-state index in [-0.39, 0.29) is 18.6 Å². The summed E-state index contributed by atoms with van der Waals surface area (Å²) >= 11 is 3.38. The highest BCUT2D eigenvalue weighted by molar-refractivity contribution is 9.10. The van der Waals surface area contributed by atoms with Gasteiger partial charge < -0.3 is 14.5 Å². The fraction of sp³-hybridized carbons (Fsp3) is 0.450. The second-order valence-corrected chi connectivity index (χ2v) is 7.52. The molecular weight excluding hydrogens is 396 g/mol. The molecule has 0 aliphatic carbocycles. The van der Waals surface area contributed by atoms with Crippen LogP contribution in [0.4, 0.5) is 0 Å². The Morgan fingerprint density at radius 2 is 1.92 bits per heavy atom. The molecule has 1 N–H and O–H groups in total. The van der Waals surface area contributed by atoms with Crippen molar-refractivity contribution >= 4 is 21.8 Å². The molecule has 1 aromatic heterocycles. The molecule has 26 heavy (non-hydrogen) atoms. The average Bonchev–Trinajstić information content (AvgIpc) is 3.08. The number of furan rings is 1. The third-order valence-electron chi connectivity index (χ3n) is 4.60. The summed E-state index contributed by atoms with van der Waals surface area (Å²) in [6.07, 6.45) is 3.65. The molecule has 1 aliphatic heterocycles. The Kier molecular flexibility index (Phi) is 6.74. The zero-order chi connectivity index (χ0) is 18.4. The molecule has 1 atom stereocenters. The minimum absolute atomic E-state index is 0.00549. The SMILES string of the molecule is Cc1ccc(C(CNC(=O)COc2ccc(Br)cc2)N2CCCCC2)o1. The van der Waals surface area contributed by atoms with E-state index >= 15 is 0 Å². The van der Waals surface area contributed by atoms with Crippen LogP contribution in [-0.2, 0) is 4.79 Å². The Labute approximate surface area is 162 Å². The third-order valence-corrected chi connectivity index (χ3v) is 5.13. The van der Waals surface area contributed by atoms with Gasteiger partial charge in [-0.05, 0) is 69.3 Å². The molecule has 5 nitrogen and oxygen atoms in total. The van der Waals surface area contributed by atoms with E-state index in [2.05, 4.69) is 26.1 Å². The summed E-state index contributed by atoms with van der Waals surface area (Å²) in [5, 5.41) is 2.99. The summed E-state index contributed by atoms with van der Waals surface area (Å²) in [5.74, 6) is 2.36. The van der Waals surface area contributed by atoms with Gasteiger partial charge in [0.15, 0.2) is 6.61 Å². The molecule has 0 bridgehead atoms. The molecule has 1 saturated heterocycles. The normalized spacial score (nSPS) is 16.2. The van der Waals surface area contributed by atoms with Gasteiger partial charge in [-0.3, -0.25) is 9.69 Å². The van der Waals surface area contributed by atoms with Gasteiger partial charge in [0.1, 0.15) is 17.3 Å². The van der Waals surface area contributed by atoms with Gasteiger partial charge in [0, 0.05) is 11.0 Å². The van der Waals surface area contributed by atoms with Gasteiger partial charge in [0.05, 0.1) is 6.04 Å². The molecule has 2 aromatic rings. The molecule has 1 fully saturated rings. The largest absolute Gasteiger partial charge is 0.484 e. The molecule has 0 radical (unpaired) electrons. The van der Waals surface area contributed by atoms with Crippen molar-refractivity contribution in [2.45, 2.75) is 32.2 Å². The van der Waals surface area contributed by atoms with Crippen LogP contribution in [-0.4, -0.2) is 37.0 Å². The van der Waals surface area contributed by atoms with Gasteiger partial charge in [0.2, 0.25) is 0 Å². The average molecular weight is 421 g/mol. The number of piperidine rings is 1. The summed E-state index contributed by atoms with van der Waals surface area (Å²) < 4.78 is 12.4. The number of carbonyl (C=O) groups is 1. The van der Waals surface area contributed by atoms with Crippen molar-refractivity contribution in [3.05, 3.63) is 52.4 Å². The zero-order valence-corrected chi connectivity index (χ0v) is 16.6. The number of carbonyl (C=O) groups excluding carboxylic acids is 1. The number of hydrogen-bond acceptors (Lipinski definition) is 4. The minimum atomic E-state index is -0.127. The topological polar surface area (TPSA) is 54.7 Å². The molecule has 3 rings (SSSR count). The number of nitrogens with one attached hydrogen (secondary N) is 1. The Balaban J connectivity index is 1.54. The first-order valence-corrected chi connectivity index (χ1v) is 9.86. The van der Waals surface area contributed by atoms with E-state index in [9.17, 15) is 4.79 Å². The van der Waals surface area contributed by atoms with Gasteiger partial charge in [-0.2, -0.15) is 0 Å². The van der Waals surface area contributed by atoms with Crippen LogP contribution in [0.25, 0.3) is 0 Å². The Hall–Kier alpha value is -1.79. The van der Waals surface area contributed by atoms with E-state index in [1.54, 1.807) is 0 Å². The van der Waals surface area contributed by atoms with Crippen LogP contribution >= 0.6 is 15.9 Å². The van der Waals surface area contributed by atoms with Crippen LogP contribution < -0.4 is 10.1 Å². The number of amides is 1. The van der Waals surface area contributed by atoms with Crippen molar-refractivity contribution in [3.63, 3.8) is 0 Å². The quantitative estimate of drug-likeness (QED) is 0.733. The molecule has 1 aliphatic rings. The van der Waals surface area contributed by atoms with E-state index < -0.39 is 0 Å². The predicted molar refractivity (Wildman–Crippen MR) is 104 cm³/mol. The molecule has 0 saturated carbocycles. The maximum atomic E-state index is 12.2. The highest BCUT2D eigenvalue weighted by atomic mass is 79.9. The van der Waals surface area contributed by atoms with E-state index in [1.807, 2.05) is 43.3 Å². The van der Waals surface area contributed by atoms with Gasteiger partial charge in [0.25, 0.3) is 5.91 Å². The first-order valence-electron chi connectivity index (χ1n) is 9.07. The molecule has 1 unspecified atom stereocenters. The molecule has 1 aromatic carbocycles.